The molecule has 0 aromatic carbocycles. The Morgan fingerprint density at radius 2 is 2.15 bits per heavy atom. The summed E-state index contributed by atoms with van der Waals surface area (Å²) in [5, 5.41) is 5.16. The van der Waals surface area contributed by atoms with Crippen LogP contribution < -0.4 is 10.0 Å². The lowest BCUT2D eigenvalue weighted by atomic mass is 10.3. The van der Waals surface area contributed by atoms with Crippen LogP contribution in [0.5, 0.6) is 0 Å². The minimum atomic E-state index is -3.71. The Hall–Kier alpha value is -1.38. The van der Waals surface area contributed by atoms with Gasteiger partial charge in [-0.3, -0.25) is 4.72 Å². The Labute approximate surface area is 122 Å². The molecule has 0 saturated heterocycles. The summed E-state index contributed by atoms with van der Waals surface area (Å²) in [4.78, 5) is 4.06. The van der Waals surface area contributed by atoms with Crippen LogP contribution in [0, 0.1) is 6.92 Å². The molecule has 2 N–H and O–H groups in total. The van der Waals surface area contributed by atoms with Crippen LogP contribution in [0.1, 0.15) is 25.3 Å². The van der Waals surface area contributed by atoms with E-state index in [1.807, 2.05) is 13.8 Å². The molecule has 0 fully saturated rings. The summed E-state index contributed by atoms with van der Waals surface area (Å²) < 4.78 is 31.9. The second-order valence-electron chi connectivity index (χ2n) is 4.66. The molecule has 0 amide bonds. The third-order valence-electron chi connectivity index (χ3n) is 2.43. The van der Waals surface area contributed by atoms with Gasteiger partial charge in [0.15, 0.2) is 5.13 Å². The Morgan fingerprint density at radius 1 is 1.40 bits per heavy atom. The highest BCUT2D eigenvalue weighted by Crippen LogP contribution is 2.21. The number of thiazole rings is 1. The van der Waals surface area contributed by atoms with Crippen LogP contribution in [0.15, 0.2) is 27.0 Å². The zero-order valence-corrected chi connectivity index (χ0v) is 13.1. The minimum absolute atomic E-state index is 0.106. The van der Waals surface area contributed by atoms with E-state index in [1.165, 1.54) is 17.4 Å². The molecule has 0 radical (unpaired) electrons. The fraction of sp³-hybridized carbons (Fsp3) is 0.417. The standard InChI is InChI=1S/C12H17N3O3S2/c1-8(2)13-6-10-4-5-11(18-10)20(16,17)15-12-14-9(3)7-19-12/h4-5,7-8,13H,6H2,1-3H3,(H,14,15). The van der Waals surface area contributed by atoms with Crippen molar-refractivity contribution < 1.29 is 12.8 Å². The second-order valence-corrected chi connectivity index (χ2v) is 7.13. The first-order valence-corrected chi connectivity index (χ1v) is 8.50. The monoisotopic (exact) mass is 315 g/mol. The van der Waals surface area contributed by atoms with Crippen molar-refractivity contribution in [2.75, 3.05) is 4.72 Å². The van der Waals surface area contributed by atoms with Gasteiger partial charge in [-0.2, -0.15) is 8.42 Å². The molecule has 0 unspecified atom stereocenters. The molecule has 110 valence electrons. The van der Waals surface area contributed by atoms with Gasteiger partial charge in [0, 0.05) is 11.4 Å². The number of anilines is 1. The number of aromatic nitrogens is 1. The van der Waals surface area contributed by atoms with E-state index in [-0.39, 0.29) is 5.09 Å². The molecule has 0 aliphatic carbocycles. The number of rotatable bonds is 6. The number of nitrogens with one attached hydrogen (secondary N) is 2. The van der Waals surface area contributed by atoms with Gasteiger partial charge in [-0.05, 0) is 19.1 Å². The highest BCUT2D eigenvalue weighted by molar-refractivity contribution is 7.92. The molecule has 2 rings (SSSR count). The minimum Gasteiger partial charge on any atom is -0.446 e. The van der Waals surface area contributed by atoms with Crippen molar-refractivity contribution in [1.29, 1.82) is 0 Å². The first-order chi connectivity index (χ1) is 9.37. The fourth-order valence-electron chi connectivity index (χ4n) is 1.47. The van der Waals surface area contributed by atoms with E-state index >= 15 is 0 Å². The Balaban J connectivity index is 2.09. The molecule has 20 heavy (non-hydrogen) atoms. The summed E-state index contributed by atoms with van der Waals surface area (Å²) in [5.74, 6) is 0.578. The molecular formula is C12H17N3O3S2. The van der Waals surface area contributed by atoms with E-state index in [2.05, 4.69) is 15.0 Å². The SMILES string of the molecule is Cc1csc(NS(=O)(=O)c2ccc(CNC(C)C)o2)n1. The number of furan rings is 1. The molecule has 0 aliphatic rings. The molecule has 0 spiro atoms. The highest BCUT2D eigenvalue weighted by atomic mass is 32.2. The first-order valence-electron chi connectivity index (χ1n) is 6.14. The summed E-state index contributed by atoms with van der Waals surface area (Å²) in [6.45, 7) is 6.31. The highest BCUT2D eigenvalue weighted by Gasteiger charge is 2.20. The van der Waals surface area contributed by atoms with E-state index in [0.717, 1.165) is 5.69 Å². The lowest BCUT2D eigenvalue weighted by molar-refractivity contribution is 0.396. The zero-order valence-electron chi connectivity index (χ0n) is 11.5. The van der Waals surface area contributed by atoms with Crippen molar-refractivity contribution in [1.82, 2.24) is 10.3 Å². The van der Waals surface area contributed by atoms with Crippen LogP contribution in [0.3, 0.4) is 0 Å². The number of aryl methyl sites for hydroxylation is 1. The predicted molar refractivity (Wildman–Crippen MR) is 78.3 cm³/mol. The molecule has 0 atom stereocenters. The maximum absolute atomic E-state index is 12.1. The van der Waals surface area contributed by atoms with Crippen molar-refractivity contribution in [2.45, 2.75) is 38.5 Å². The topological polar surface area (TPSA) is 84.2 Å². The summed E-state index contributed by atoms with van der Waals surface area (Å²) >= 11 is 1.24. The summed E-state index contributed by atoms with van der Waals surface area (Å²) in [7, 11) is -3.71. The van der Waals surface area contributed by atoms with E-state index < -0.39 is 10.0 Å². The normalized spacial score (nSPS) is 12.0. The number of hydrogen-bond acceptors (Lipinski definition) is 6. The van der Waals surface area contributed by atoms with Crippen LogP contribution in [-0.2, 0) is 16.6 Å². The van der Waals surface area contributed by atoms with Gasteiger partial charge in [0.2, 0.25) is 5.09 Å². The molecule has 2 aromatic heterocycles. The van der Waals surface area contributed by atoms with Crippen molar-refractivity contribution in [3.8, 4) is 0 Å². The third kappa shape index (κ3) is 3.81. The van der Waals surface area contributed by atoms with Crippen molar-refractivity contribution in [3.63, 3.8) is 0 Å². The van der Waals surface area contributed by atoms with Gasteiger partial charge >= 0.3 is 0 Å². The van der Waals surface area contributed by atoms with Crippen LogP contribution in [0.4, 0.5) is 5.13 Å². The molecule has 8 heteroatoms. The van der Waals surface area contributed by atoms with E-state index in [4.69, 9.17) is 4.42 Å². The second kappa shape index (κ2) is 5.94. The summed E-state index contributed by atoms with van der Waals surface area (Å²) in [6.07, 6.45) is 0. The Kier molecular flexibility index (Phi) is 4.46. The van der Waals surface area contributed by atoms with E-state index in [0.29, 0.717) is 23.5 Å². The molecule has 2 aromatic rings. The van der Waals surface area contributed by atoms with Crippen LogP contribution in [0.25, 0.3) is 0 Å². The third-order valence-corrected chi connectivity index (χ3v) is 4.64. The molecule has 0 bridgehead atoms. The number of nitrogens with zero attached hydrogens (tertiary/aromatic N) is 1. The van der Waals surface area contributed by atoms with Crippen molar-refractivity contribution >= 4 is 26.5 Å². The maximum Gasteiger partial charge on any atom is 0.297 e. The van der Waals surface area contributed by atoms with Crippen molar-refractivity contribution in [2.24, 2.45) is 0 Å². The van der Waals surface area contributed by atoms with Crippen LogP contribution in [-0.4, -0.2) is 19.4 Å². The molecular weight excluding hydrogens is 298 g/mol. The molecule has 0 aliphatic heterocycles. The summed E-state index contributed by atoms with van der Waals surface area (Å²) in [6, 6.07) is 3.40. The van der Waals surface area contributed by atoms with Gasteiger partial charge in [0.05, 0.1) is 12.2 Å². The average molecular weight is 315 g/mol. The molecule has 6 nitrogen and oxygen atoms in total. The lowest BCUT2D eigenvalue weighted by Gasteiger charge is -2.05. The predicted octanol–water partition coefficient (Wildman–Crippen LogP) is 2.34. The zero-order chi connectivity index (χ0) is 14.8. The Bertz CT molecular complexity index is 674. The Morgan fingerprint density at radius 3 is 2.75 bits per heavy atom. The van der Waals surface area contributed by atoms with Crippen molar-refractivity contribution in [3.05, 3.63) is 29.0 Å². The number of hydrogen-bond donors (Lipinski definition) is 2. The van der Waals surface area contributed by atoms with E-state index in [1.54, 1.807) is 18.4 Å². The fourth-order valence-corrected chi connectivity index (χ4v) is 3.36. The average Bonchev–Trinajstić information content (AvgIpc) is 2.95. The lowest BCUT2D eigenvalue weighted by Crippen LogP contribution is -2.21. The molecule has 0 saturated carbocycles. The van der Waals surface area contributed by atoms with Gasteiger partial charge in [-0.15, -0.1) is 11.3 Å². The van der Waals surface area contributed by atoms with Gasteiger partial charge in [0.25, 0.3) is 10.0 Å². The summed E-state index contributed by atoms with van der Waals surface area (Å²) in [5.41, 5.74) is 0.772. The quantitative estimate of drug-likeness (QED) is 0.855. The largest absolute Gasteiger partial charge is 0.446 e. The van der Waals surface area contributed by atoms with Gasteiger partial charge in [-0.1, -0.05) is 13.8 Å². The number of sulfonamides is 1. The smallest absolute Gasteiger partial charge is 0.297 e. The van der Waals surface area contributed by atoms with Crippen LogP contribution in [0.2, 0.25) is 0 Å². The molecule has 2 heterocycles. The van der Waals surface area contributed by atoms with Gasteiger partial charge in [0.1, 0.15) is 5.76 Å². The maximum atomic E-state index is 12.1. The van der Waals surface area contributed by atoms with Gasteiger partial charge in [-0.25, -0.2) is 4.98 Å². The van der Waals surface area contributed by atoms with Crippen LogP contribution >= 0.6 is 11.3 Å². The van der Waals surface area contributed by atoms with Gasteiger partial charge < -0.3 is 9.73 Å². The first kappa shape index (κ1) is 15.0. The van der Waals surface area contributed by atoms with E-state index in [9.17, 15) is 8.42 Å².